The molecule has 31 heavy (non-hydrogen) atoms. The number of fused-ring (bicyclic) bond motifs is 1. The third kappa shape index (κ3) is 3.98. The highest BCUT2D eigenvalue weighted by molar-refractivity contribution is 9.10. The van der Waals surface area contributed by atoms with E-state index in [0.29, 0.717) is 32.6 Å². The fourth-order valence-electron chi connectivity index (χ4n) is 3.57. The number of hydrogen-bond donors (Lipinski definition) is 2. The zero-order valence-corrected chi connectivity index (χ0v) is 18.9. The Kier molecular flexibility index (Phi) is 5.88. The van der Waals surface area contributed by atoms with Crippen LogP contribution in [0.5, 0.6) is 11.5 Å². The number of nitrogens with one attached hydrogen (secondary N) is 1. The first-order valence-corrected chi connectivity index (χ1v) is 10.5. The maximum atomic E-state index is 12.3. The van der Waals surface area contributed by atoms with E-state index in [1.165, 1.54) is 6.33 Å². The lowest BCUT2D eigenvalue weighted by atomic mass is 9.88. The van der Waals surface area contributed by atoms with Crippen LogP contribution < -0.4 is 20.5 Å². The zero-order chi connectivity index (χ0) is 22.1. The first-order chi connectivity index (χ1) is 14.9. The molecule has 8 nitrogen and oxygen atoms in total. The Morgan fingerprint density at radius 2 is 2.16 bits per heavy atom. The number of benzene rings is 2. The van der Waals surface area contributed by atoms with Crippen molar-refractivity contribution in [2.75, 3.05) is 12.4 Å². The molecule has 2 aromatic carbocycles. The van der Waals surface area contributed by atoms with Gasteiger partial charge in [0.05, 0.1) is 17.6 Å². The second-order valence-electron chi connectivity index (χ2n) is 6.92. The van der Waals surface area contributed by atoms with Crippen molar-refractivity contribution in [1.29, 1.82) is 0 Å². The molecule has 10 heteroatoms. The van der Waals surface area contributed by atoms with Crippen LogP contribution in [0.1, 0.15) is 17.2 Å². The maximum absolute atomic E-state index is 12.3. The van der Waals surface area contributed by atoms with Gasteiger partial charge >= 0.3 is 0 Å². The molecule has 2 atom stereocenters. The van der Waals surface area contributed by atoms with Crippen LogP contribution in [0.15, 0.2) is 59.5 Å². The number of methoxy groups -OCH3 is 1. The lowest BCUT2D eigenvalue weighted by Crippen LogP contribution is -2.40. The van der Waals surface area contributed by atoms with Crippen molar-refractivity contribution >= 4 is 39.4 Å². The van der Waals surface area contributed by atoms with E-state index in [1.54, 1.807) is 23.9 Å². The number of rotatable bonds is 6. The van der Waals surface area contributed by atoms with Crippen LogP contribution >= 0.6 is 27.5 Å². The molecule has 3 N–H and O–H groups in total. The van der Waals surface area contributed by atoms with Gasteiger partial charge in [0.15, 0.2) is 11.5 Å². The van der Waals surface area contributed by atoms with Crippen LogP contribution in [0.25, 0.3) is 0 Å². The van der Waals surface area contributed by atoms with E-state index < -0.39 is 17.9 Å². The molecule has 0 spiro atoms. The molecule has 0 saturated heterocycles. The predicted octanol–water partition coefficient (Wildman–Crippen LogP) is 3.91. The van der Waals surface area contributed by atoms with Gasteiger partial charge in [0.1, 0.15) is 18.9 Å². The van der Waals surface area contributed by atoms with Crippen LogP contribution in [-0.2, 0) is 11.4 Å². The number of hydrogen-bond acceptors (Lipinski definition) is 6. The minimum absolute atomic E-state index is 0.259. The van der Waals surface area contributed by atoms with Gasteiger partial charge in [0.2, 0.25) is 11.9 Å². The van der Waals surface area contributed by atoms with Gasteiger partial charge in [-0.15, -0.1) is 0 Å². The van der Waals surface area contributed by atoms with Crippen molar-refractivity contribution in [2.45, 2.75) is 12.6 Å². The van der Waals surface area contributed by atoms with Gasteiger partial charge in [0, 0.05) is 16.3 Å². The molecule has 1 amide bonds. The molecule has 1 aliphatic heterocycles. The van der Waals surface area contributed by atoms with Crippen molar-refractivity contribution in [1.82, 2.24) is 14.8 Å². The van der Waals surface area contributed by atoms with Gasteiger partial charge in [-0.25, -0.2) is 4.68 Å². The number of primary amides is 1. The van der Waals surface area contributed by atoms with E-state index in [1.807, 2.05) is 24.3 Å². The van der Waals surface area contributed by atoms with Crippen molar-refractivity contribution in [3.63, 3.8) is 0 Å². The van der Waals surface area contributed by atoms with Gasteiger partial charge in [-0.2, -0.15) is 10.1 Å². The Balaban J connectivity index is 1.73. The Hall–Kier alpha value is -3.04. The van der Waals surface area contributed by atoms with Gasteiger partial charge in [-0.1, -0.05) is 36.4 Å². The first kappa shape index (κ1) is 21.2. The van der Waals surface area contributed by atoms with Gasteiger partial charge in [-0.05, 0) is 39.7 Å². The molecule has 0 saturated carbocycles. The summed E-state index contributed by atoms with van der Waals surface area (Å²) in [6.45, 7) is 4.21. The fourth-order valence-corrected chi connectivity index (χ4v) is 4.34. The Morgan fingerprint density at radius 3 is 2.87 bits per heavy atom. The van der Waals surface area contributed by atoms with Gasteiger partial charge in [0.25, 0.3) is 0 Å². The minimum Gasteiger partial charge on any atom is -0.493 e. The van der Waals surface area contributed by atoms with E-state index in [9.17, 15) is 4.79 Å². The SMILES string of the molecule is C=C1Nc2ncnn2C(c2cc(Br)c(OCc3ccccc3Cl)c(OC)c2)C1C(N)=O. The van der Waals surface area contributed by atoms with Crippen LogP contribution in [0.2, 0.25) is 5.02 Å². The summed E-state index contributed by atoms with van der Waals surface area (Å²) < 4.78 is 13.8. The van der Waals surface area contributed by atoms with E-state index in [4.69, 9.17) is 26.8 Å². The van der Waals surface area contributed by atoms with E-state index in [-0.39, 0.29) is 6.61 Å². The van der Waals surface area contributed by atoms with Crippen molar-refractivity contribution in [3.8, 4) is 11.5 Å². The second-order valence-corrected chi connectivity index (χ2v) is 8.18. The van der Waals surface area contributed by atoms with E-state index >= 15 is 0 Å². The number of ether oxygens (including phenoxy) is 2. The summed E-state index contributed by atoms with van der Waals surface area (Å²) in [5.74, 6) is 0.193. The summed E-state index contributed by atoms with van der Waals surface area (Å²) in [4.78, 5) is 16.4. The number of aromatic nitrogens is 3. The summed E-state index contributed by atoms with van der Waals surface area (Å²) in [6.07, 6.45) is 1.40. The number of carbonyl (C=O) groups is 1. The van der Waals surface area contributed by atoms with Crippen molar-refractivity contribution < 1.29 is 14.3 Å². The normalized spacial score (nSPS) is 17.6. The van der Waals surface area contributed by atoms with Crippen LogP contribution in [0, 0.1) is 5.92 Å². The smallest absolute Gasteiger partial charge is 0.229 e. The van der Waals surface area contributed by atoms with Crippen LogP contribution in [0.4, 0.5) is 5.95 Å². The lowest BCUT2D eigenvalue weighted by Gasteiger charge is -2.33. The molecule has 1 aliphatic rings. The van der Waals surface area contributed by atoms with Gasteiger partial charge < -0.3 is 20.5 Å². The summed E-state index contributed by atoms with van der Waals surface area (Å²) in [6, 6.07) is 10.5. The number of carbonyl (C=O) groups excluding carboxylic acids is 1. The summed E-state index contributed by atoms with van der Waals surface area (Å²) in [5.41, 5.74) is 7.72. The zero-order valence-electron chi connectivity index (χ0n) is 16.5. The first-order valence-electron chi connectivity index (χ1n) is 9.29. The average Bonchev–Trinajstić information content (AvgIpc) is 3.20. The predicted molar refractivity (Wildman–Crippen MR) is 120 cm³/mol. The molecule has 0 aliphatic carbocycles. The molecular weight excluding hydrogens is 486 g/mol. The number of halogens is 2. The summed E-state index contributed by atoms with van der Waals surface area (Å²) in [7, 11) is 1.54. The third-order valence-corrected chi connectivity index (χ3v) is 5.99. The summed E-state index contributed by atoms with van der Waals surface area (Å²) >= 11 is 9.79. The average molecular weight is 505 g/mol. The highest BCUT2D eigenvalue weighted by atomic mass is 79.9. The monoisotopic (exact) mass is 503 g/mol. The van der Waals surface area contributed by atoms with E-state index in [0.717, 1.165) is 11.1 Å². The number of amides is 1. The summed E-state index contributed by atoms with van der Waals surface area (Å²) in [5, 5.41) is 7.87. The van der Waals surface area contributed by atoms with Gasteiger partial charge in [-0.3, -0.25) is 4.79 Å². The highest BCUT2D eigenvalue weighted by Crippen LogP contribution is 2.43. The molecule has 160 valence electrons. The Bertz CT molecular complexity index is 1170. The van der Waals surface area contributed by atoms with Crippen molar-refractivity contribution in [3.05, 3.63) is 75.6 Å². The molecular formula is C21H19BrClN5O3. The molecule has 0 radical (unpaired) electrons. The second kappa shape index (κ2) is 8.60. The third-order valence-electron chi connectivity index (χ3n) is 5.03. The molecule has 3 aromatic rings. The quantitative estimate of drug-likeness (QED) is 0.527. The largest absolute Gasteiger partial charge is 0.493 e. The van der Waals surface area contributed by atoms with E-state index in [2.05, 4.69) is 37.9 Å². The molecule has 0 fully saturated rings. The molecule has 0 bridgehead atoms. The Labute approximate surface area is 192 Å². The van der Waals surface area contributed by atoms with Crippen LogP contribution in [0.3, 0.4) is 0 Å². The highest BCUT2D eigenvalue weighted by Gasteiger charge is 2.39. The Morgan fingerprint density at radius 1 is 1.39 bits per heavy atom. The molecule has 1 aromatic heterocycles. The molecule has 4 rings (SSSR count). The maximum Gasteiger partial charge on any atom is 0.229 e. The molecule has 2 unspecified atom stereocenters. The lowest BCUT2D eigenvalue weighted by molar-refractivity contribution is -0.121. The fraction of sp³-hybridized carbons (Fsp3) is 0.190. The van der Waals surface area contributed by atoms with Crippen LogP contribution in [-0.4, -0.2) is 27.8 Å². The topological polar surface area (TPSA) is 104 Å². The number of anilines is 1. The molecule has 2 heterocycles. The van der Waals surface area contributed by atoms with Crippen molar-refractivity contribution in [2.24, 2.45) is 11.7 Å². The number of nitrogens with zero attached hydrogens (tertiary/aromatic N) is 3. The minimum atomic E-state index is -0.735. The standard InChI is InChI=1S/C21H19BrClN5O3/c1-11-17(20(24)29)18(28-21(27-11)25-10-26-28)13-7-14(22)19(16(8-13)30-2)31-9-12-5-3-4-6-15(12)23/h3-8,10,17-18H,1,9H2,2H3,(H2,24,29)(H,25,26,27). The number of nitrogens with two attached hydrogens (primary N) is 1.